The van der Waals surface area contributed by atoms with Gasteiger partial charge in [-0.1, -0.05) is 20.8 Å². The maximum atomic E-state index is 11.8. The van der Waals surface area contributed by atoms with Crippen molar-refractivity contribution in [3.8, 4) is 0 Å². The van der Waals surface area contributed by atoms with Crippen molar-refractivity contribution in [2.45, 2.75) is 47.1 Å². The highest BCUT2D eigenvalue weighted by molar-refractivity contribution is 6.48. The van der Waals surface area contributed by atoms with Crippen molar-refractivity contribution >= 4 is 11.6 Å². The fourth-order valence-corrected chi connectivity index (χ4v) is 1.53. The van der Waals surface area contributed by atoms with E-state index in [0.717, 1.165) is 5.57 Å². The first-order valence-corrected chi connectivity index (χ1v) is 5.81. The number of ketones is 2. The predicted molar refractivity (Wildman–Crippen MR) is 68.5 cm³/mol. The number of carbonyl (C=O) groups excluding carboxylic acids is 2. The van der Waals surface area contributed by atoms with Crippen molar-refractivity contribution in [2.24, 2.45) is 5.41 Å². The van der Waals surface area contributed by atoms with Crippen molar-refractivity contribution in [2.75, 3.05) is 0 Å². The average molecular weight is 235 g/mol. The first-order chi connectivity index (χ1) is 7.50. The fraction of sp³-hybridized carbons (Fsp3) is 0.571. The van der Waals surface area contributed by atoms with Crippen molar-refractivity contribution in [3.05, 3.63) is 23.4 Å². The molecule has 0 aromatic carbocycles. The molecular weight excluding hydrogens is 214 g/mol. The molecule has 0 spiro atoms. The van der Waals surface area contributed by atoms with E-state index >= 15 is 0 Å². The van der Waals surface area contributed by atoms with Gasteiger partial charge in [-0.2, -0.15) is 0 Å². The van der Waals surface area contributed by atoms with Crippen LogP contribution in [0.15, 0.2) is 23.4 Å². The third-order valence-electron chi connectivity index (χ3n) is 2.43. The molecule has 0 unspecified atom stereocenters. The Morgan fingerprint density at radius 3 is 1.88 bits per heavy atom. The summed E-state index contributed by atoms with van der Waals surface area (Å²) in [5.41, 5.74) is 0.910. The second-order valence-corrected chi connectivity index (χ2v) is 6.48. The van der Waals surface area contributed by atoms with E-state index in [1.165, 1.54) is 6.08 Å². The Kier molecular flexibility index (Phi) is 3.33. The van der Waals surface area contributed by atoms with Gasteiger partial charge in [0.2, 0.25) is 11.6 Å². The highest BCUT2D eigenvalue weighted by Gasteiger charge is 2.29. The topological polar surface area (TPSA) is 46.2 Å². The van der Waals surface area contributed by atoms with Gasteiger partial charge in [0.15, 0.2) is 0 Å². The molecular formula is C14H21NO2. The highest BCUT2D eigenvalue weighted by Crippen LogP contribution is 2.29. The van der Waals surface area contributed by atoms with Crippen LogP contribution in [0.3, 0.4) is 0 Å². The number of carbonyl (C=O) groups is 2. The van der Waals surface area contributed by atoms with Crippen LogP contribution in [0.25, 0.3) is 0 Å². The monoisotopic (exact) mass is 235 g/mol. The molecule has 0 aromatic rings. The molecule has 0 saturated heterocycles. The summed E-state index contributed by atoms with van der Waals surface area (Å²) in [6.07, 6.45) is 3.23. The normalized spacial score (nSPS) is 17.8. The van der Waals surface area contributed by atoms with Crippen LogP contribution in [0.1, 0.15) is 41.5 Å². The molecule has 0 aliphatic heterocycles. The van der Waals surface area contributed by atoms with E-state index in [4.69, 9.17) is 0 Å². The summed E-state index contributed by atoms with van der Waals surface area (Å²) in [7, 11) is 0. The smallest absolute Gasteiger partial charge is 0.248 e. The summed E-state index contributed by atoms with van der Waals surface area (Å²) in [5.74, 6) is -0.892. The van der Waals surface area contributed by atoms with Gasteiger partial charge in [-0.3, -0.25) is 9.59 Å². The van der Waals surface area contributed by atoms with Crippen LogP contribution in [0.5, 0.6) is 0 Å². The molecule has 0 fully saturated rings. The first kappa shape index (κ1) is 13.7. The van der Waals surface area contributed by atoms with Gasteiger partial charge in [0.25, 0.3) is 0 Å². The Bertz CT molecular complexity index is 414. The highest BCUT2D eigenvalue weighted by atomic mass is 16.2. The zero-order chi connectivity index (χ0) is 13.4. The molecule has 17 heavy (non-hydrogen) atoms. The van der Waals surface area contributed by atoms with E-state index in [-0.39, 0.29) is 11.0 Å². The van der Waals surface area contributed by atoms with E-state index in [9.17, 15) is 9.59 Å². The molecule has 0 radical (unpaired) electrons. The molecule has 1 rings (SSSR count). The minimum absolute atomic E-state index is 0.138. The second-order valence-electron chi connectivity index (χ2n) is 6.48. The van der Waals surface area contributed by atoms with Crippen LogP contribution in [-0.2, 0) is 9.59 Å². The summed E-state index contributed by atoms with van der Waals surface area (Å²) < 4.78 is 0. The van der Waals surface area contributed by atoms with Gasteiger partial charge in [0, 0.05) is 5.54 Å². The molecule has 0 atom stereocenters. The lowest BCUT2D eigenvalue weighted by Crippen LogP contribution is -2.40. The summed E-state index contributed by atoms with van der Waals surface area (Å²) in [6.45, 7) is 11.9. The van der Waals surface area contributed by atoms with Crippen molar-refractivity contribution in [1.29, 1.82) is 0 Å². The summed E-state index contributed by atoms with van der Waals surface area (Å²) in [4.78, 5) is 23.4. The fourth-order valence-electron chi connectivity index (χ4n) is 1.53. The third-order valence-corrected chi connectivity index (χ3v) is 2.43. The zero-order valence-corrected chi connectivity index (χ0v) is 11.5. The summed E-state index contributed by atoms with van der Waals surface area (Å²) in [5, 5.41) is 3.09. The number of nitrogens with one attached hydrogen (secondary N) is 1. The lowest BCUT2D eigenvalue weighted by molar-refractivity contribution is -0.132. The Morgan fingerprint density at radius 2 is 1.47 bits per heavy atom. The standard InChI is InChI=1S/C14H21NO2/c1-13(2,3)9-7-10(15-14(4,5)6)12(17)11(16)8-9/h7-8,15H,1-6H3. The minimum atomic E-state index is -0.451. The maximum Gasteiger partial charge on any atom is 0.248 e. The number of rotatable bonds is 1. The van der Waals surface area contributed by atoms with Crippen LogP contribution in [0, 0.1) is 5.41 Å². The van der Waals surface area contributed by atoms with Gasteiger partial charge >= 0.3 is 0 Å². The van der Waals surface area contributed by atoms with Crippen molar-refractivity contribution in [1.82, 2.24) is 5.32 Å². The largest absolute Gasteiger partial charge is 0.377 e. The molecule has 0 saturated carbocycles. The van der Waals surface area contributed by atoms with Crippen molar-refractivity contribution < 1.29 is 9.59 Å². The first-order valence-electron chi connectivity index (χ1n) is 5.81. The van der Waals surface area contributed by atoms with Crippen LogP contribution >= 0.6 is 0 Å². The van der Waals surface area contributed by atoms with Gasteiger partial charge < -0.3 is 5.32 Å². The minimum Gasteiger partial charge on any atom is -0.377 e. The summed E-state index contributed by atoms with van der Waals surface area (Å²) in [6, 6.07) is 0. The van der Waals surface area contributed by atoms with Gasteiger partial charge in [-0.05, 0) is 43.9 Å². The van der Waals surface area contributed by atoms with Crippen LogP contribution in [-0.4, -0.2) is 17.1 Å². The maximum absolute atomic E-state index is 11.8. The van der Waals surface area contributed by atoms with E-state index in [1.54, 1.807) is 6.08 Å². The molecule has 1 aliphatic carbocycles. The number of Topliss-reactive ketones (excluding diaryl/α,β-unsaturated/α-hetero) is 1. The molecule has 1 aliphatic rings. The molecule has 3 nitrogen and oxygen atoms in total. The molecule has 3 heteroatoms. The SMILES string of the molecule is CC(C)(C)NC1=CC(C(C)(C)C)=CC(=O)C1=O. The van der Waals surface area contributed by atoms with Gasteiger partial charge in [0.05, 0.1) is 5.70 Å². The molecule has 1 N–H and O–H groups in total. The summed E-state index contributed by atoms with van der Waals surface area (Å²) >= 11 is 0. The predicted octanol–water partition coefficient (Wildman–Crippen LogP) is 2.38. The van der Waals surface area contributed by atoms with Gasteiger partial charge in [0.1, 0.15) is 0 Å². The van der Waals surface area contributed by atoms with Crippen LogP contribution < -0.4 is 5.32 Å². The Labute approximate surface area is 103 Å². The average Bonchev–Trinajstić information content (AvgIpc) is 2.08. The Morgan fingerprint density at radius 1 is 0.941 bits per heavy atom. The third kappa shape index (κ3) is 3.55. The van der Waals surface area contributed by atoms with E-state index < -0.39 is 11.6 Å². The van der Waals surface area contributed by atoms with Gasteiger partial charge in [-0.15, -0.1) is 0 Å². The molecule has 0 amide bonds. The molecule has 0 heterocycles. The number of hydrogen-bond donors (Lipinski definition) is 1. The Balaban J connectivity index is 3.11. The van der Waals surface area contributed by atoms with Gasteiger partial charge in [-0.25, -0.2) is 0 Å². The van der Waals surface area contributed by atoms with Crippen molar-refractivity contribution in [3.63, 3.8) is 0 Å². The Hall–Kier alpha value is -1.38. The quantitative estimate of drug-likeness (QED) is 0.560. The second kappa shape index (κ2) is 4.13. The van der Waals surface area contributed by atoms with Crippen LogP contribution in [0.2, 0.25) is 0 Å². The molecule has 0 bridgehead atoms. The van der Waals surface area contributed by atoms with E-state index in [0.29, 0.717) is 5.70 Å². The number of allylic oxidation sites excluding steroid dienone is 4. The number of hydrogen-bond acceptors (Lipinski definition) is 3. The zero-order valence-electron chi connectivity index (χ0n) is 11.5. The van der Waals surface area contributed by atoms with E-state index in [1.807, 2.05) is 41.5 Å². The molecule has 0 aromatic heterocycles. The van der Waals surface area contributed by atoms with E-state index in [2.05, 4.69) is 5.32 Å². The lowest BCUT2D eigenvalue weighted by Gasteiger charge is -2.28. The van der Waals surface area contributed by atoms with Crippen LogP contribution in [0.4, 0.5) is 0 Å². The molecule has 94 valence electrons. The lowest BCUT2D eigenvalue weighted by atomic mass is 9.82.